The van der Waals surface area contributed by atoms with E-state index in [-0.39, 0.29) is 0 Å². The van der Waals surface area contributed by atoms with Crippen molar-refractivity contribution < 1.29 is 5.11 Å². The predicted octanol–water partition coefficient (Wildman–Crippen LogP) is 3.65. The Balaban J connectivity index is 2.25. The van der Waals surface area contributed by atoms with Gasteiger partial charge in [0, 0.05) is 5.56 Å². The van der Waals surface area contributed by atoms with Crippen molar-refractivity contribution in [1.29, 1.82) is 0 Å². The third kappa shape index (κ3) is 1.41. The highest BCUT2D eigenvalue weighted by Gasteiger charge is 2.12. The molecule has 0 bridgehead atoms. The molecule has 0 aliphatic heterocycles. The van der Waals surface area contributed by atoms with Gasteiger partial charge >= 0.3 is 0 Å². The molecule has 0 spiro atoms. The van der Waals surface area contributed by atoms with Crippen molar-refractivity contribution in [2.45, 2.75) is 6.42 Å². The topological polar surface area (TPSA) is 20.2 Å². The SMILES string of the molecule is OC1=Cc2ccccc2Cc2ccccc21. The summed E-state index contributed by atoms with van der Waals surface area (Å²) in [4.78, 5) is 0. The van der Waals surface area contributed by atoms with E-state index in [1.165, 1.54) is 11.1 Å². The highest BCUT2D eigenvalue weighted by molar-refractivity contribution is 5.80. The molecule has 1 aliphatic rings. The van der Waals surface area contributed by atoms with Crippen LogP contribution in [-0.2, 0) is 6.42 Å². The average Bonchev–Trinajstić information content (AvgIpc) is 2.45. The van der Waals surface area contributed by atoms with Gasteiger partial charge in [0.05, 0.1) is 0 Å². The first-order valence-electron chi connectivity index (χ1n) is 5.41. The van der Waals surface area contributed by atoms with Crippen LogP contribution in [0.5, 0.6) is 0 Å². The first kappa shape index (κ1) is 9.22. The van der Waals surface area contributed by atoms with Crippen molar-refractivity contribution in [1.82, 2.24) is 0 Å². The summed E-state index contributed by atoms with van der Waals surface area (Å²) in [6.07, 6.45) is 2.73. The first-order chi connectivity index (χ1) is 7.84. The van der Waals surface area contributed by atoms with Crippen LogP contribution < -0.4 is 0 Å². The second kappa shape index (κ2) is 3.53. The summed E-state index contributed by atoms with van der Waals surface area (Å²) in [5.41, 5.74) is 4.50. The molecule has 0 radical (unpaired) electrons. The van der Waals surface area contributed by atoms with Gasteiger partial charge in [0.2, 0.25) is 0 Å². The van der Waals surface area contributed by atoms with Crippen molar-refractivity contribution >= 4 is 11.8 Å². The maximum atomic E-state index is 10.0. The van der Waals surface area contributed by atoms with E-state index < -0.39 is 0 Å². The molecule has 1 heteroatoms. The van der Waals surface area contributed by atoms with Gasteiger partial charge < -0.3 is 5.11 Å². The van der Waals surface area contributed by atoms with E-state index >= 15 is 0 Å². The Morgan fingerprint density at radius 3 is 2.38 bits per heavy atom. The molecular weight excluding hydrogens is 196 g/mol. The van der Waals surface area contributed by atoms with E-state index in [0.29, 0.717) is 5.76 Å². The highest BCUT2D eigenvalue weighted by Crippen LogP contribution is 2.28. The lowest BCUT2D eigenvalue weighted by Gasteiger charge is -2.05. The number of hydrogen-bond donors (Lipinski definition) is 1. The van der Waals surface area contributed by atoms with Crippen LogP contribution in [-0.4, -0.2) is 5.11 Å². The predicted molar refractivity (Wildman–Crippen MR) is 66.2 cm³/mol. The highest BCUT2D eigenvalue weighted by atomic mass is 16.3. The van der Waals surface area contributed by atoms with Crippen molar-refractivity contribution in [2.75, 3.05) is 0 Å². The Bertz CT molecular complexity index is 567. The van der Waals surface area contributed by atoms with Crippen molar-refractivity contribution in [2.24, 2.45) is 0 Å². The molecular formula is C15H12O. The Kier molecular flexibility index (Phi) is 2.03. The van der Waals surface area contributed by atoms with Crippen molar-refractivity contribution in [3.63, 3.8) is 0 Å². The number of aliphatic hydroxyl groups excluding tert-OH is 1. The summed E-state index contributed by atoms with van der Waals surface area (Å²) in [6.45, 7) is 0. The lowest BCUT2D eigenvalue weighted by Crippen LogP contribution is -1.92. The molecule has 2 aromatic rings. The molecule has 16 heavy (non-hydrogen) atoms. The zero-order valence-corrected chi connectivity index (χ0v) is 8.85. The van der Waals surface area contributed by atoms with Crippen LogP contribution in [0.15, 0.2) is 48.5 Å². The van der Waals surface area contributed by atoms with Gasteiger partial charge in [-0.2, -0.15) is 0 Å². The number of rotatable bonds is 0. The van der Waals surface area contributed by atoms with E-state index in [9.17, 15) is 5.11 Å². The molecule has 0 fully saturated rings. The number of benzene rings is 2. The number of fused-ring (bicyclic) bond motifs is 2. The van der Waals surface area contributed by atoms with E-state index in [4.69, 9.17) is 0 Å². The third-order valence-electron chi connectivity index (χ3n) is 3.02. The minimum Gasteiger partial charge on any atom is -0.507 e. The molecule has 0 aromatic heterocycles. The van der Waals surface area contributed by atoms with Crippen LogP contribution in [0, 0.1) is 0 Å². The Morgan fingerprint density at radius 1 is 0.812 bits per heavy atom. The molecule has 0 unspecified atom stereocenters. The molecule has 0 atom stereocenters. The van der Waals surface area contributed by atoms with E-state index in [1.807, 2.05) is 42.5 Å². The normalized spacial score (nSPS) is 13.4. The van der Waals surface area contributed by atoms with E-state index in [2.05, 4.69) is 12.1 Å². The summed E-state index contributed by atoms with van der Waals surface area (Å²) in [5.74, 6) is 0.362. The molecule has 0 amide bonds. The Labute approximate surface area is 94.7 Å². The minimum absolute atomic E-state index is 0.362. The Hall–Kier alpha value is -2.02. The van der Waals surface area contributed by atoms with Gasteiger partial charge in [0.1, 0.15) is 5.76 Å². The standard InChI is InChI=1S/C15H12O/c16-15-10-12-6-2-1-5-11(12)9-13-7-3-4-8-14(13)15/h1-8,10,16H,9H2. The second-order valence-electron chi connectivity index (χ2n) is 4.06. The van der Waals surface area contributed by atoms with Gasteiger partial charge in [-0.1, -0.05) is 48.5 Å². The molecule has 1 aliphatic carbocycles. The smallest absolute Gasteiger partial charge is 0.123 e. The second-order valence-corrected chi connectivity index (χ2v) is 4.06. The molecule has 1 nitrogen and oxygen atoms in total. The minimum atomic E-state index is 0.362. The first-order valence-corrected chi connectivity index (χ1v) is 5.41. The molecule has 3 rings (SSSR count). The summed E-state index contributed by atoms with van der Waals surface area (Å²) >= 11 is 0. The van der Waals surface area contributed by atoms with Gasteiger partial charge in [-0.15, -0.1) is 0 Å². The maximum absolute atomic E-state index is 10.0. The van der Waals surface area contributed by atoms with Crippen molar-refractivity contribution in [3.8, 4) is 0 Å². The van der Waals surface area contributed by atoms with Crippen LogP contribution in [0.1, 0.15) is 22.3 Å². The van der Waals surface area contributed by atoms with Crippen molar-refractivity contribution in [3.05, 3.63) is 70.8 Å². The van der Waals surface area contributed by atoms with Gasteiger partial charge in [-0.05, 0) is 29.2 Å². The molecule has 1 N–H and O–H groups in total. The lowest BCUT2D eigenvalue weighted by molar-refractivity contribution is 0.515. The quantitative estimate of drug-likeness (QED) is 0.700. The average molecular weight is 208 g/mol. The lowest BCUT2D eigenvalue weighted by atomic mass is 10.00. The fourth-order valence-electron chi connectivity index (χ4n) is 2.19. The molecule has 0 saturated carbocycles. The molecule has 78 valence electrons. The Morgan fingerprint density at radius 2 is 1.50 bits per heavy atom. The maximum Gasteiger partial charge on any atom is 0.123 e. The van der Waals surface area contributed by atoms with Crippen LogP contribution >= 0.6 is 0 Å². The summed E-state index contributed by atoms with van der Waals surface area (Å²) in [7, 11) is 0. The largest absolute Gasteiger partial charge is 0.507 e. The summed E-state index contributed by atoms with van der Waals surface area (Å²) < 4.78 is 0. The van der Waals surface area contributed by atoms with Crippen LogP contribution in [0.25, 0.3) is 11.8 Å². The third-order valence-corrected chi connectivity index (χ3v) is 3.02. The summed E-state index contributed by atoms with van der Waals surface area (Å²) in [5, 5.41) is 10.0. The van der Waals surface area contributed by atoms with Gasteiger partial charge in [-0.25, -0.2) is 0 Å². The molecule has 0 heterocycles. The number of aliphatic hydroxyl groups is 1. The zero-order chi connectivity index (χ0) is 11.0. The van der Waals surface area contributed by atoms with Gasteiger partial charge in [0.25, 0.3) is 0 Å². The van der Waals surface area contributed by atoms with Gasteiger partial charge in [0.15, 0.2) is 0 Å². The molecule has 2 aromatic carbocycles. The van der Waals surface area contributed by atoms with E-state index in [0.717, 1.165) is 17.5 Å². The monoisotopic (exact) mass is 208 g/mol. The van der Waals surface area contributed by atoms with Crippen LogP contribution in [0.2, 0.25) is 0 Å². The fraction of sp³-hybridized carbons (Fsp3) is 0.0667. The molecule has 0 saturated heterocycles. The van der Waals surface area contributed by atoms with Crippen LogP contribution in [0.3, 0.4) is 0 Å². The zero-order valence-electron chi connectivity index (χ0n) is 8.85. The van der Waals surface area contributed by atoms with Gasteiger partial charge in [-0.3, -0.25) is 0 Å². The fourth-order valence-corrected chi connectivity index (χ4v) is 2.19. The van der Waals surface area contributed by atoms with E-state index in [1.54, 1.807) is 0 Å². The number of hydrogen-bond acceptors (Lipinski definition) is 1. The summed E-state index contributed by atoms with van der Waals surface area (Å²) in [6, 6.07) is 16.2. The van der Waals surface area contributed by atoms with Crippen LogP contribution in [0.4, 0.5) is 0 Å².